The van der Waals surface area contributed by atoms with Crippen LogP contribution in [0.4, 0.5) is 5.69 Å². The summed E-state index contributed by atoms with van der Waals surface area (Å²) in [7, 11) is -1.43. The zero-order chi connectivity index (χ0) is 31.6. The summed E-state index contributed by atoms with van der Waals surface area (Å²) in [6.45, 7) is 7.84. The largest absolute Gasteiger partial charge is 0.494 e. The van der Waals surface area contributed by atoms with E-state index in [1.54, 1.807) is 31.2 Å². The van der Waals surface area contributed by atoms with Gasteiger partial charge in [0.05, 0.1) is 31.4 Å². The Hall–Kier alpha value is -4.25. The Bertz CT molecular complexity index is 1490. The van der Waals surface area contributed by atoms with E-state index < -0.39 is 28.5 Å². The molecule has 0 aliphatic rings. The number of ether oxygens (including phenoxy) is 3. The molecule has 232 valence electrons. The molecule has 43 heavy (non-hydrogen) atoms. The van der Waals surface area contributed by atoms with Gasteiger partial charge in [-0.15, -0.1) is 0 Å². The lowest BCUT2D eigenvalue weighted by atomic mass is 10.1. The van der Waals surface area contributed by atoms with Crippen LogP contribution in [0.25, 0.3) is 0 Å². The van der Waals surface area contributed by atoms with Crippen LogP contribution >= 0.6 is 0 Å². The van der Waals surface area contributed by atoms with Gasteiger partial charge in [-0.3, -0.25) is 13.9 Å². The maximum atomic E-state index is 14.2. The summed E-state index contributed by atoms with van der Waals surface area (Å²) in [5, 5.41) is 2.84. The molecule has 2 amide bonds. The number of sulfonamides is 1. The molecule has 3 rings (SSSR count). The summed E-state index contributed by atoms with van der Waals surface area (Å²) in [4.78, 5) is 28.4. The van der Waals surface area contributed by atoms with E-state index in [1.165, 1.54) is 37.3 Å². The van der Waals surface area contributed by atoms with Crippen molar-refractivity contribution in [3.8, 4) is 17.2 Å². The van der Waals surface area contributed by atoms with Crippen molar-refractivity contribution in [1.82, 2.24) is 10.2 Å². The molecule has 11 heteroatoms. The molecule has 0 aliphatic carbocycles. The topological polar surface area (TPSA) is 114 Å². The van der Waals surface area contributed by atoms with E-state index in [9.17, 15) is 18.0 Å². The predicted molar refractivity (Wildman–Crippen MR) is 166 cm³/mol. The van der Waals surface area contributed by atoms with Gasteiger partial charge in [-0.2, -0.15) is 0 Å². The standard InChI is InChI=1S/C32H41N3O7S/c1-7-18-33-32(37)24(4)34(21-25-11-9-10-23(3)19-25)31(36)22-35(26-12-14-27(15-13-26)42-8-2)43(38,39)28-16-17-29(40-5)30(20-28)41-6/h9-17,19-20,24H,7-8,18,21-22H2,1-6H3,(H,33,37)/t24-/m1/s1. The van der Waals surface area contributed by atoms with Gasteiger partial charge in [0.2, 0.25) is 11.8 Å². The van der Waals surface area contributed by atoms with Crippen molar-refractivity contribution in [2.45, 2.75) is 51.6 Å². The quantitative estimate of drug-likeness (QED) is 0.268. The van der Waals surface area contributed by atoms with Gasteiger partial charge in [0, 0.05) is 19.2 Å². The normalized spacial score (nSPS) is 11.8. The molecule has 0 spiro atoms. The Morgan fingerprint density at radius 1 is 0.930 bits per heavy atom. The van der Waals surface area contributed by atoms with Crippen molar-refractivity contribution >= 4 is 27.5 Å². The van der Waals surface area contributed by atoms with E-state index in [0.29, 0.717) is 24.7 Å². The third-order valence-electron chi connectivity index (χ3n) is 6.81. The zero-order valence-corrected chi connectivity index (χ0v) is 26.4. The van der Waals surface area contributed by atoms with E-state index in [2.05, 4.69) is 5.32 Å². The van der Waals surface area contributed by atoms with Crippen molar-refractivity contribution in [2.75, 3.05) is 38.2 Å². The molecule has 0 saturated heterocycles. The van der Waals surface area contributed by atoms with Crippen LogP contribution in [0.1, 0.15) is 38.3 Å². The third kappa shape index (κ3) is 8.41. The third-order valence-corrected chi connectivity index (χ3v) is 8.58. The SMILES string of the molecule is CCCNC(=O)[C@@H](C)N(Cc1cccc(C)c1)C(=O)CN(c1ccc(OCC)cc1)S(=O)(=O)c1ccc(OC)c(OC)c1. The zero-order valence-electron chi connectivity index (χ0n) is 25.6. The number of anilines is 1. The predicted octanol–water partition coefficient (Wildman–Crippen LogP) is 4.55. The van der Waals surface area contributed by atoms with Crippen LogP contribution in [-0.4, -0.2) is 65.1 Å². The van der Waals surface area contributed by atoms with Crippen molar-refractivity contribution in [2.24, 2.45) is 0 Å². The van der Waals surface area contributed by atoms with Gasteiger partial charge in [-0.1, -0.05) is 36.8 Å². The molecular weight excluding hydrogens is 570 g/mol. The van der Waals surface area contributed by atoms with Gasteiger partial charge in [0.1, 0.15) is 18.3 Å². The summed E-state index contributed by atoms with van der Waals surface area (Å²) >= 11 is 0. The molecular formula is C32H41N3O7S. The van der Waals surface area contributed by atoms with Gasteiger partial charge < -0.3 is 24.4 Å². The highest BCUT2D eigenvalue weighted by Crippen LogP contribution is 2.33. The number of benzene rings is 3. The molecule has 3 aromatic carbocycles. The Labute approximate surface area is 254 Å². The number of aryl methyl sites for hydroxylation is 1. The van der Waals surface area contributed by atoms with Crippen LogP contribution in [0.2, 0.25) is 0 Å². The number of amides is 2. The minimum atomic E-state index is -4.30. The number of carbonyl (C=O) groups is 2. The minimum absolute atomic E-state index is 0.0918. The van der Waals surface area contributed by atoms with Crippen LogP contribution in [0.15, 0.2) is 71.6 Å². The fraction of sp³-hybridized carbons (Fsp3) is 0.375. The number of rotatable bonds is 15. The molecule has 0 radical (unpaired) electrons. The van der Waals surface area contributed by atoms with Gasteiger partial charge in [0.15, 0.2) is 11.5 Å². The van der Waals surface area contributed by atoms with Crippen molar-refractivity contribution < 1.29 is 32.2 Å². The highest BCUT2D eigenvalue weighted by atomic mass is 32.2. The van der Waals surface area contributed by atoms with Gasteiger partial charge >= 0.3 is 0 Å². The van der Waals surface area contributed by atoms with Crippen LogP contribution in [-0.2, 0) is 26.2 Å². The van der Waals surface area contributed by atoms with Crippen LogP contribution in [0, 0.1) is 6.92 Å². The van der Waals surface area contributed by atoms with E-state index in [0.717, 1.165) is 21.9 Å². The lowest BCUT2D eigenvalue weighted by molar-refractivity contribution is -0.139. The monoisotopic (exact) mass is 611 g/mol. The number of hydrogen-bond donors (Lipinski definition) is 1. The molecule has 0 bridgehead atoms. The summed E-state index contributed by atoms with van der Waals surface area (Å²) in [6, 6.07) is 17.5. The first-order valence-corrected chi connectivity index (χ1v) is 15.6. The first-order chi connectivity index (χ1) is 20.5. The Balaban J connectivity index is 2.07. The lowest BCUT2D eigenvalue weighted by Crippen LogP contribution is -2.51. The number of nitrogens with zero attached hydrogens (tertiary/aromatic N) is 2. The highest BCUT2D eigenvalue weighted by molar-refractivity contribution is 7.92. The van der Waals surface area contributed by atoms with Crippen molar-refractivity contribution in [3.05, 3.63) is 77.9 Å². The highest BCUT2D eigenvalue weighted by Gasteiger charge is 2.33. The van der Waals surface area contributed by atoms with Crippen LogP contribution in [0.5, 0.6) is 17.2 Å². The molecule has 0 unspecified atom stereocenters. The second-order valence-corrected chi connectivity index (χ2v) is 11.8. The van der Waals surface area contributed by atoms with Crippen molar-refractivity contribution in [1.29, 1.82) is 0 Å². The first-order valence-electron chi connectivity index (χ1n) is 14.2. The van der Waals surface area contributed by atoms with Gasteiger partial charge in [-0.25, -0.2) is 8.42 Å². The lowest BCUT2D eigenvalue weighted by Gasteiger charge is -2.32. The molecule has 0 saturated carbocycles. The maximum Gasteiger partial charge on any atom is 0.264 e. The number of nitrogens with one attached hydrogen (secondary N) is 1. The molecule has 0 aliphatic heterocycles. The van der Waals surface area contributed by atoms with E-state index in [4.69, 9.17) is 14.2 Å². The second kappa shape index (κ2) is 15.3. The molecule has 0 aromatic heterocycles. The fourth-order valence-electron chi connectivity index (χ4n) is 4.49. The molecule has 10 nitrogen and oxygen atoms in total. The van der Waals surface area contributed by atoms with E-state index >= 15 is 0 Å². The molecule has 1 N–H and O–H groups in total. The van der Waals surface area contributed by atoms with Gasteiger partial charge in [0.25, 0.3) is 10.0 Å². The smallest absolute Gasteiger partial charge is 0.264 e. The average Bonchev–Trinajstić information content (AvgIpc) is 3.01. The first kappa shape index (κ1) is 33.3. The summed E-state index contributed by atoms with van der Waals surface area (Å²) < 4.78 is 45.5. The number of methoxy groups -OCH3 is 2. The minimum Gasteiger partial charge on any atom is -0.494 e. The van der Waals surface area contributed by atoms with Crippen molar-refractivity contribution in [3.63, 3.8) is 0 Å². The van der Waals surface area contributed by atoms with E-state index in [-0.39, 0.29) is 28.8 Å². The number of hydrogen-bond acceptors (Lipinski definition) is 7. The Morgan fingerprint density at radius 3 is 2.23 bits per heavy atom. The second-order valence-electron chi connectivity index (χ2n) is 9.93. The maximum absolute atomic E-state index is 14.2. The van der Waals surface area contributed by atoms with Crippen LogP contribution < -0.4 is 23.8 Å². The summed E-state index contributed by atoms with van der Waals surface area (Å²) in [6.07, 6.45) is 0.735. The van der Waals surface area contributed by atoms with Crippen LogP contribution in [0.3, 0.4) is 0 Å². The molecule has 0 fully saturated rings. The average molecular weight is 612 g/mol. The fourth-order valence-corrected chi connectivity index (χ4v) is 5.92. The molecule has 1 atom stereocenters. The van der Waals surface area contributed by atoms with Gasteiger partial charge in [-0.05, 0) is 69.2 Å². The van der Waals surface area contributed by atoms with E-state index in [1.807, 2.05) is 45.0 Å². The summed E-state index contributed by atoms with van der Waals surface area (Å²) in [5.74, 6) is 0.283. The molecule has 0 heterocycles. The molecule has 3 aromatic rings. The summed E-state index contributed by atoms with van der Waals surface area (Å²) in [5.41, 5.74) is 2.07. The Kier molecular flexibility index (Phi) is 11.8. The number of carbonyl (C=O) groups excluding carboxylic acids is 2. The Morgan fingerprint density at radius 2 is 1.63 bits per heavy atom.